The van der Waals surface area contributed by atoms with E-state index < -0.39 is 5.97 Å². The van der Waals surface area contributed by atoms with Crippen molar-refractivity contribution in [1.29, 1.82) is 0 Å². The quantitative estimate of drug-likeness (QED) is 0.364. The Morgan fingerprint density at radius 2 is 1.84 bits per heavy atom. The van der Waals surface area contributed by atoms with Gasteiger partial charge in [0.15, 0.2) is 11.0 Å². The van der Waals surface area contributed by atoms with Crippen LogP contribution >= 0.6 is 11.8 Å². The van der Waals surface area contributed by atoms with Gasteiger partial charge in [-0.25, -0.2) is 4.79 Å². The van der Waals surface area contributed by atoms with Crippen molar-refractivity contribution in [1.82, 2.24) is 24.5 Å². The minimum absolute atomic E-state index is 0.156. The molecule has 32 heavy (non-hydrogen) atoms. The van der Waals surface area contributed by atoms with Crippen LogP contribution in [-0.4, -0.2) is 55.9 Å². The first-order valence-corrected chi connectivity index (χ1v) is 11.2. The van der Waals surface area contributed by atoms with Gasteiger partial charge in [-0.3, -0.25) is 9.48 Å². The van der Waals surface area contributed by atoms with Crippen LogP contribution in [0.3, 0.4) is 0 Å². The van der Waals surface area contributed by atoms with Crippen molar-refractivity contribution in [3.8, 4) is 17.3 Å². The molecule has 0 spiro atoms. The van der Waals surface area contributed by atoms with Crippen LogP contribution in [0.4, 0.5) is 5.69 Å². The first-order valence-electron chi connectivity index (χ1n) is 10.2. The number of anilines is 1. The molecule has 1 N–H and O–H groups in total. The molecule has 0 aliphatic rings. The number of benzene rings is 1. The summed E-state index contributed by atoms with van der Waals surface area (Å²) >= 11 is 1.29. The van der Waals surface area contributed by atoms with Crippen molar-refractivity contribution in [2.45, 2.75) is 39.0 Å². The lowest BCUT2D eigenvalue weighted by atomic mass is 10.2. The normalized spacial score (nSPS) is 10.8. The van der Waals surface area contributed by atoms with Gasteiger partial charge in [0.2, 0.25) is 11.8 Å². The zero-order chi connectivity index (χ0) is 23.1. The lowest BCUT2D eigenvalue weighted by Crippen LogP contribution is -2.15. The summed E-state index contributed by atoms with van der Waals surface area (Å²) in [7, 11) is 1.32. The van der Waals surface area contributed by atoms with Gasteiger partial charge in [0.1, 0.15) is 5.56 Å². The molecule has 10 nitrogen and oxygen atoms in total. The Hall–Kier alpha value is -3.34. The number of hydrogen-bond acceptors (Lipinski definition) is 8. The van der Waals surface area contributed by atoms with Crippen LogP contribution in [0, 0.1) is 0 Å². The molecule has 0 saturated heterocycles. The summed E-state index contributed by atoms with van der Waals surface area (Å²) in [6, 6.07) is 6.51. The number of rotatable bonds is 10. The van der Waals surface area contributed by atoms with Gasteiger partial charge in [-0.05, 0) is 45.0 Å². The number of hydrogen-bond donors (Lipinski definition) is 1. The van der Waals surface area contributed by atoms with Gasteiger partial charge in [-0.2, -0.15) is 0 Å². The summed E-state index contributed by atoms with van der Waals surface area (Å²) in [5, 5.41) is 16.5. The fourth-order valence-corrected chi connectivity index (χ4v) is 3.78. The summed E-state index contributed by atoms with van der Waals surface area (Å²) in [5.41, 5.74) is 1.78. The summed E-state index contributed by atoms with van der Waals surface area (Å²) in [6.07, 6.45) is 1.89. The van der Waals surface area contributed by atoms with Crippen LogP contribution in [-0.2, 0) is 22.6 Å². The Morgan fingerprint density at radius 1 is 1.09 bits per heavy atom. The Labute approximate surface area is 190 Å². The van der Waals surface area contributed by atoms with E-state index in [9.17, 15) is 9.59 Å². The maximum absolute atomic E-state index is 12.4. The fourth-order valence-electron chi connectivity index (χ4n) is 2.98. The molecule has 0 aliphatic heterocycles. The van der Waals surface area contributed by atoms with Gasteiger partial charge in [0.05, 0.1) is 25.0 Å². The van der Waals surface area contributed by atoms with Gasteiger partial charge >= 0.3 is 5.97 Å². The second-order valence-corrected chi connectivity index (χ2v) is 7.54. The smallest absolute Gasteiger partial charge is 0.337 e. The number of carbonyl (C=O) groups excluding carboxylic acids is 2. The van der Waals surface area contributed by atoms with E-state index in [0.717, 1.165) is 5.56 Å². The second kappa shape index (κ2) is 10.8. The number of thioether (sulfide) groups is 1. The van der Waals surface area contributed by atoms with Gasteiger partial charge in [-0.1, -0.05) is 11.8 Å². The SMILES string of the molecule is CCOc1nn(CC)cc1-c1nnc(SCC(=O)Nc2ccc(C(=O)OC)cc2)n1CC. The summed E-state index contributed by atoms with van der Waals surface area (Å²) in [5.74, 6) is 0.703. The maximum Gasteiger partial charge on any atom is 0.337 e. The molecule has 1 amide bonds. The van der Waals surface area contributed by atoms with Gasteiger partial charge in [0.25, 0.3) is 0 Å². The molecule has 2 aromatic heterocycles. The number of ether oxygens (including phenoxy) is 2. The van der Waals surface area contributed by atoms with Crippen molar-refractivity contribution in [3.05, 3.63) is 36.0 Å². The van der Waals surface area contributed by atoms with E-state index in [0.29, 0.717) is 47.8 Å². The zero-order valence-corrected chi connectivity index (χ0v) is 19.3. The molecule has 0 aliphatic carbocycles. The first kappa shape index (κ1) is 23.3. The number of aryl methyl sites for hydroxylation is 1. The van der Waals surface area contributed by atoms with Crippen LogP contribution in [0.25, 0.3) is 11.4 Å². The summed E-state index contributed by atoms with van der Waals surface area (Å²) < 4.78 is 14.1. The second-order valence-electron chi connectivity index (χ2n) is 6.59. The minimum atomic E-state index is -0.426. The van der Waals surface area contributed by atoms with E-state index in [1.165, 1.54) is 18.9 Å². The molecule has 0 bridgehead atoms. The van der Waals surface area contributed by atoms with Crippen LogP contribution in [0.2, 0.25) is 0 Å². The molecule has 0 atom stereocenters. The van der Waals surface area contributed by atoms with Gasteiger partial charge < -0.3 is 19.4 Å². The molecular weight excluding hydrogens is 432 g/mol. The fraction of sp³-hybridized carbons (Fsp3) is 0.381. The minimum Gasteiger partial charge on any atom is -0.476 e. The van der Waals surface area contributed by atoms with Crippen LogP contribution < -0.4 is 10.1 Å². The highest BCUT2D eigenvalue weighted by Crippen LogP contribution is 2.30. The molecule has 0 saturated carbocycles. The van der Waals surface area contributed by atoms with Gasteiger partial charge in [0, 0.05) is 25.0 Å². The van der Waals surface area contributed by atoms with E-state index in [1.807, 2.05) is 31.5 Å². The standard InChI is InChI=1S/C21H26N6O4S/c1-5-26-12-16(19(25-26)31-7-3)18-23-24-21(27(18)6-2)32-13-17(28)22-15-10-8-14(9-11-15)20(29)30-4/h8-12H,5-7,13H2,1-4H3,(H,22,28). The summed E-state index contributed by atoms with van der Waals surface area (Å²) in [6.45, 7) is 7.73. The number of amides is 1. The van der Waals surface area contributed by atoms with E-state index >= 15 is 0 Å². The third-order valence-corrected chi connectivity index (χ3v) is 5.50. The number of nitrogens with one attached hydrogen (secondary N) is 1. The van der Waals surface area contributed by atoms with Crippen molar-refractivity contribution >= 4 is 29.3 Å². The highest BCUT2D eigenvalue weighted by atomic mass is 32.2. The molecule has 3 aromatic rings. The zero-order valence-electron chi connectivity index (χ0n) is 18.5. The van der Waals surface area contributed by atoms with E-state index in [-0.39, 0.29) is 11.7 Å². The number of esters is 1. The number of methoxy groups -OCH3 is 1. The van der Waals surface area contributed by atoms with Crippen molar-refractivity contribution < 1.29 is 19.1 Å². The van der Waals surface area contributed by atoms with E-state index in [4.69, 9.17) is 4.74 Å². The van der Waals surface area contributed by atoms with Crippen molar-refractivity contribution in [2.75, 3.05) is 24.8 Å². The summed E-state index contributed by atoms with van der Waals surface area (Å²) in [4.78, 5) is 23.9. The lowest BCUT2D eigenvalue weighted by Gasteiger charge is -2.08. The molecular formula is C21H26N6O4S. The Morgan fingerprint density at radius 3 is 2.47 bits per heavy atom. The van der Waals surface area contributed by atoms with Crippen LogP contribution in [0.1, 0.15) is 31.1 Å². The first-order chi connectivity index (χ1) is 15.5. The predicted octanol–water partition coefficient (Wildman–Crippen LogP) is 3.10. The number of aromatic nitrogens is 5. The molecule has 2 heterocycles. The van der Waals surface area contributed by atoms with Crippen LogP contribution in [0.15, 0.2) is 35.6 Å². The van der Waals surface area contributed by atoms with Crippen molar-refractivity contribution in [2.24, 2.45) is 0 Å². The number of carbonyl (C=O) groups is 2. The Bertz CT molecular complexity index is 1080. The molecule has 3 rings (SSSR count). The predicted molar refractivity (Wildman–Crippen MR) is 121 cm³/mol. The monoisotopic (exact) mass is 458 g/mol. The maximum atomic E-state index is 12.4. The molecule has 170 valence electrons. The highest BCUT2D eigenvalue weighted by Gasteiger charge is 2.21. The third-order valence-electron chi connectivity index (χ3n) is 4.53. The topological polar surface area (TPSA) is 113 Å². The van der Waals surface area contributed by atoms with E-state index in [1.54, 1.807) is 28.9 Å². The number of nitrogens with zero attached hydrogens (tertiary/aromatic N) is 5. The third kappa shape index (κ3) is 5.28. The molecule has 1 aromatic carbocycles. The molecule has 0 unspecified atom stereocenters. The molecule has 11 heteroatoms. The van der Waals surface area contributed by atoms with E-state index in [2.05, 4.69) is 25.3 Å². The average molecular weight is 459 g/mol. The van der Waals surface area contributed by atoms with Gasteiger partial charge in [-0.15, -0.1) is 15.3 Å². The van der Waals surface area contributed by atoms with Crippen LogP contribution in [0.5, 0.6) is 5.88 Å². The lowest BCUT2D eigenvalue weighted by molar-refractivity contribution is -0.113. The van der Waals surface area contributed by atoms with Crippen molar-refractivity contribution in [3.63, 3.8) is 0 Å². The Kier molecular flexibility index (Phi) is 7.87. The largest absolute Gasteiger partial charge is 0.476 e. The molecule has 0 radical (unpaired) electrons. The average Bonchev–Trinajstić information content (AvgIpc) is 3.41. The highest BCUT2D eigenvalue weighted by molar-refractivity contribution is 7.99. The Balaban J connectivity index is 1.69. The molecule has 0 fully saturated rings.